The maximum Gasteiger partial charge on any atom is 0.251 e. The van der Waals surface area contributed by atoms with Crippen molar-refractivity contribution < 1.29 is 0 Å². The van der Waals surface area contributed by atoms with Gasteiger partial charge in [0.25, 0.3) is 5.56 Å². The van der Waals surface area contributed by atoms with E-state index in [2.05, 4.69) is 9.97 Å². The van der Waals surface area contributed by atoms with Crippen molar-refractivity contribution in [1.82, 2.24) is 9.97 Å². The van der Waals surface area contributed by atoms with E-state index in [0.29, 0.717) is 11.7 Å². The third kappa shape index (κ3) is 3.20. The molecule has 0 radical (unpaired) electrons. The molecule has 1 heterocycles. The largest absolute Gasteiger partial charge is 0.329 e. The first-order valence-corrected chi connectivity index (χ1v) is 4.79. The Morgan fingerprint density at radius 3 is 2.92 bits per heavy atom. The maximum atomic E-state index is 10.9. The lowest BCUT2D eigenvalue weighted by molar-refractivity contribution is 0.716. The molecule has 5 heteroatoms. The van der Waals surface area contributed by atoms with Gasteiger partial charge in [-0.3, -0.25) is 4.79 Å². The standard InChI is InChI=1S/C8H13N3OS/c1-8(2,5-9)13-7-10-4-3-6(12)11-7/h3-4H,5,9H2,1-2H3,(H,10,11,12). The van der Waals surface area contributed by atoms with Crippen LogP contribution in [0.5, 0.6) is 0 Å². The van der Waals surface area contributed by atoms with E-state index < -0.39 is 0 Å². The fraction of sp³-hybridized carbons (Fsp3) is 0.500. The molecule has 1 aromatic rings. The molecule has 3 N–H and O–H groups in total. The SMILES string of the molecule is CC(C)(CN)Sc1nccc(=O)[nH]1. The second-order valence-electron chi connectivity index (χ2n) is 3.31. The molecule has 1 rings (SSSR count). The highest BCUT2D eigenvalue weighted by Gasteiger charge is 2.18. The number of nitrogens with two attached hydrogens (primary N) is 1. The van der Waals surface area contributed by atoms with Crippen LogP contribution in [-0.2, 0) is 0 Å². The van der Waals surface area contributed by atoms with Crippen molar-refractivity contribution in [3.63, 3.8) is 0 Å². The Morgan fingerprint density at radius 1 is 1.69 bits per heavy atom. The molecule has 0 fully saturated rings. The van der Waals surface area contributed by atoms with Gasteiger partial charge in [0, 0.05) is 23.6 Å². The molecule has 0 unspecified atom stereocenters. The number of hydrogen-bond donors (Lipinski definition) is 2. The normalized spacial score (nSPS) is 11.6. The molecule has 0 atom stereocenters. The van der Waals surface area contributed by atoms with E-state index in [1.54, 1.807) is 0 Å². The van der Waals surface area contributed by atoms with Gasteiger partial charge >= 0.3 is 0 Å². The molecule has 0 bridgehead atoms. The zero-order valence-electron chi connectivity index (χ0n) is 7.70. The molecular formula is C8H13N3OS. The molecule has 0 saturated carbocycles. The first-order chi connectivity index (χ1) is 6.03. The zero-order valence-corrected chi connectivity index (χ0v) is 8.52. The van der Waals surface area contributed by atoms with E-state index in [9.17, 15) is 4.79 Å². The van der Waals surface area contributed by atoms with E-state index in [1.165, 1.54) is 24.0 Å². The number of hydrogen-bond acceptors (Lipinski definition) is 4. The van der Waals surface area contributed by atoms with Crippen molar-refractivity contribution in [2.45, 2.75) is 23.8 Å². The summed E-state index contributed by atoms with van der Waals surface area (Å²) in [6, 6.07) is 1.39. The van der Waals surface area contributed by atoms with Crippen LogP contribution in [0.2, 0.25) is 0 Å². The van der Waals surface area contributed by atoms with Crippen LogP contribution >= 0.6 is 11.8 Å². The highest BCUT2D eigenvalue weighted by molar-refractivity contribution is 8.00. The van der Waals surface area contributed by atoms with Gasteiger partial charge < -0.3 is 10.7 Å². The summed E-state index contributed by atoms with van der Waals surface area (Å²) in [7, 11) is 0. The summed E-state index contributed by atoms with van der Waals surface area (Å²) in [5.74, 6) is 0. The topological polar surface area (TPSA) is 71.8 Å². The van der Waals surface area contributed by atoms with Crippen molar-refractivity contribution in [3.8, 4) is 0 Å². The molecule has 0 spiro atoms. The quantitative estimate of drug-likeness (QED) is 0.552. The van der Waals surface area contributed by atoms with Gasteiger partial charge in [-0.2, -0.15) is 0 Å². The lowest BCUT2D eigenvalue weighted by atomic mass is 10.2. The molecule has 0 aliphatic rings. The smallest absolute Gasteiger partial charge is 0.251 e. The summed E-state index contributed by atoms with van der Waals surface area (Å²) in [6.07, 6.45) is 1.49. The van der Waals surface area contributed by atoms with Crippen LogP contribution in [0.4, 0.5) is 0 Å². The molecule has 1 aromatic heterocycles. The van der Waals surface area contributed by atoms with E-state index in [4.69, 9.17) is 5.73 Å². The van der Waals surface area contributed by atoms with Gasteiger partial charge in [0.15, 0.2) is 5.16 Å². The number of rotatable bonds is 3. The number of H-pyrrole nitrogens is 1. The average molecular weight is 199 g/mol. The van der Waals surface area contributed by atoms with Gasteiger partial charge in [0.1, 0.15) is 0 Å². The summed E-state index contributed by atoms with van der Waals surface area (Å²) in [5.41, 5.74) is 5.42. The predicted octanol–water partition coefficient (Wildman–Crippen LogP) is 0.599. The maximum absolute atomic E-state index is 10.9. The first-order valence-electron chi connectivity index (χ1n) is 3.98. The summed E-state index contributed by atoms with van der Waals surface area (Å²) >= 11 is 1.47. The number of nitrogens with zero attached hydrogens (tertiary/aromatic N) is 1. The summed E-state index contributed by atoms with van der Waals surface area (Å²) < 4.78 is -0.0999. The van der Waals surface area contributed by atoms with Crippen LogP contribution in [0, 0.1) is 0 Å². The third-order valence-electron chi connectivity index (χ3n) is 1.51. The second-order valence-corrected chi connectivity index (χ2v) is 5.00. The number of thioether (sulfide) groups is 1. The fourth-order valence-electron chi connectivity index (χ4n) is 0.707. The van der Waals surface area contributed by atoms with Crippen molar-refractivity contribution in [3.05, 3.63) is 22.6 Å². The van der Waals surface area contributed by atoms with Gasteiger partial charge in [0.2, 0.25) is 0 Å². The van der Waals surface area contributed by atoms with Crippen LogP contribution in [-0.4, -0.2) is 21.3 Å². The zero-order chi connectivity index (χ0) is 9.90. The molecule has 0 aliphatic heterocycles. The lowest BCUT2D eigenvalue weighted by Crippen LogP contribution is -2.27. The van der Waals surface area contributed by atoms with Crippen LogP contribution in [0.3, 0.4) is 0 Å². The highest BCUT2D eigenvalue weighted by atomic mass is 32.2. The van der Waals surface area contributed by atoms with Crippen LogP contribution in [0.25, 0.3) is 0 Å². The Kier molecular flexibility index (Phi) is 3.11. The lowest BCUT2D eigenvalue weighted by Gasteiger charge is -2.19. The summed E-state index contributed by atoms with van der Waals surface area (Å²) in [5, 5.41) is 0.614. The van der Waals surface area contributed by atoms with Gasteiger partial charge in [-0.1, -0.05) is 11.8 Å². The molecule has 0 aromatic carbocycles. The van der Waals surface area contributed by atoms with Gasteiger partial charge in [0.05, 0.1) is 0 Å². The first kappa shape index (κ1) is 10.3. The van der Waals surface area contributed by atoms with Crippen LogP contribution in [0.15, 0.2) is 22.2 Å². The fourth-order valence-corrected chi connectivity index (χ4v) is 1.58. The Hall–Kier alpha value is -0.810. The minimum absolute atomic E-state index is 0.0999. The minimum atomic E-state index is -0.134. The van der Waals surface area contributed by atoms with Crippen molar-refractivity contribution >= 4 is 11.8 Å². The summed E-state index contributed by atoms with van der Waals surface area (Å²) in [4.78, 5) is 17.6. The second kappa shape index (κ2) is 3.93. The van der Waals surface area contributed by atoms with Crippen molar-refractivity contribution in [1.29, 1.82) is 0 Å². The average Bonchev–Trinajstić information content (AvgIpc) is 2.03. The van der Waals surface area contributed by atoms with E-state index in [-0.39, 0.29) is 10.3 Å². The number of aromatic amines is 1. The van der Waals surface area contributed by atoms with Gasteiger partial charge in [-0.15, -0.1) is 0 Å². The molecule has 13 heavy (non-hydrogen) atoms. The van der Waals surface area contributed by atoms with Crippen molar-refractivity contribution in [2.24, 2.45) is 5.73 Å². The Bertz CT molecular complexity index is 334. The molecule has 72 valence electrons. The summed E-state index contributed by atoms with van der Waals surface area (Å²) in [6.45, 7) is 4.55. The monoisotopic (exact) mass is 199 g/mol. The van der Waals surface area contributed by atoms with E-state index in [0.717, 1.165) is 0 Å². The molecule has 4 nitrogen and oxygen atoms in total. The highest BCUT2D eigenvalue weighted by Crippen LogP contribution is 2.27. The Morgan fingerprint density at radius 2 is 2.38 bits per heavy atom. The minimum Gasteiger partial charge on any atom is -0.329 e. The molecule has 0 aliphatic carbocycles. The molecular weight excluding hydrogens is 186 g/mol. The van der Waals surface area contributed by atoms with Crippen LogP contribution < -0.4 is 11.3 Å². The predicted molar refractivity (Wildman–Crippen MR) is 53.8 cm³/mol. The van der Waals surface area contributed by atoms with E-state index in [1.807, 2.05) is 13.8 Å². The number of aromatic nitrogens is 2. The third-order valence-corrected chi connectivity index (χ3v) is 2.63. The van der Waals surface area contributed by atoms with Gasteiger partial charge in [-0.25, -0.2) is 4.98 Å². The van der Waals surface area contributed by atoms with Crippen LogP contribution in [0.1, 0.15) is 13.8 Å². The molecule has 0 saturated heterocycles. The van der Waals surface area contributed by atoms with Gasteiger partial charge in [-0.05, 0) is 13.8 Å². The molecule has 0 amide bonds. The Balaban J connectivity index is 2.80. The van der Waals surface area contributed by atoms with Crippen molar-refractivity contribution in [2.75, 3.05) is 6.54 Å². The number of nitrogens with one attached hydrogen (secondary N) is 1. The van der Waals surface area contributed by atoms with E-state index >= 15 is 0 Å². The Labute approximate surface area is 81.0 Å².